The molecule has 0 aliphatic carbocycles. The van der Waals surface area contributed by atoms with Crippen molar-refractivity contribution in [2.45, 2.75) is 32.7 Å². The summed E-state index contributed by atoms with van der Waals surface area (Å²) < 4.78 is 4.02. The molecular weight excluding hydrogens is 417 g/mol. The minimum atomic E-state index is 0.00953. The molecular formula is C14H17BrIN3. The molecule has 19 heavy (non-hydrogen) atoms. The van der Waals surface area contributed by atoms with Gasteiger partial charge in [-0.2, -0.15) is 5.10 Å². The van der Waals surface area contributed by atoms with Crippen LogP contribution in [0.3, 0.4) is 0 Å². The van der Waals surface area contributed by atoms with Crippen LogP contribution in [0.2, 0.25) is 0 Å². The molecule has 0 aliphatic rings. The lowest BCUT2D eigenvalue weighted by Crippen LogP contribution is -2.14. The summed E-state index contributed by atoms with van der Waals surface area (Å²) in [6.45, 7) is 7.16. The molecule has 1 aromatic heterocycles. The molecule has 0 bridgehead atoms. The van der Waals surface area contributed by atoms with E-state index in [2.05, 4.69) is 76.5 Å². The van der Waals surface area contributed by atoms with Crippen LogP contribution >= 0.6 is 38.5 Å². The maximum Gasteiger partial charge on any atom is 0.135 e. The third-order valence-electron chi connectivity index (χ3n) is 2.89. The van der Waals surface area contributed by atoms with E-state index in [1.165, 1.54) is 5.56 Å². The van der Waals surface area contributed by atoms with Crippen LogP contribution < -0.4 is 5.73 Å². The number of halogens is 2. The van der Waals surface area contributed by atoms with Gasteiger partial charge < -0.3 is 5.73 Å². The van der Waals surface area contributed by atoms with E-state index in [4.69, 9.17) is 5.73 Å². The molecule has 0 radical (unpaired) electrons. The zero-order valence-electron chi connectivity index (χ0n) is 11.2. The number of benzene rings is 1. The van der Waals surface area contributed by atoms with E-state index in [1.807, 2.05) is 16.8 Å². The number of anilines is 1. The predicted octanol–water partition coefficient (Wildman–Crippen LogP) is 4.18. The van der Waals surface area contributed by atoms with E-state index >= 15 is 0 Å². The van der Waals surface area contributed by atoms with Crippen molar-refractivity contribution in [3.8, 4) is 0 Å². The van der Waals surface area contributed by atoms with Gasteiger partial charge in [-0.15, -0.1) is 0 Å². The Morgan fingerprint density at radius 2 is 1.84 bits per heavy atom. The van der Waals surface area contributed by atoms with Gasteiger partial charge in [0.1, 0.15) is 5.82 Å². The van der Waals surface area contributed by atoms with E-state index in [1.54, 1.807) is 0 Å². The van der Waals surface area contributed by atoms with Crippen LogP contribution in [0.4, 0.5) is 5.82 Å². The molecule has 2 aromatic rings. The van der Waals surface area contributed by atoms with Crippen molar-refractivity contribution >= 4 is 44.3 Å². The van der Waals surface area contributed by atoms with E-state index in [-0.39, 0.29) is 5.41 Å². The first-order chi connectivity index (χ1) is 8.79. The third-order valence-corrected chi connectivity index (χ3v) is 4.48. The standard InChI is InChI=1S/C14H17BrIN3/c1-14(2,3)12-11(16)13(17)19(18-12)8-9-4-6-10(15)7-5-9/h4-7H,8,17H2,1-3H3. The van der Waals surface area contributed by atoms with Crippen molar-refractivity contribution in [3.63, 3.8) is 0 Å². The maximum atomic E-state index is 6.16. The number of nitrogen functional groups attached to an aromatic ring is 1. The first-order valence-corrected chi connectivity index (χ1v) is 7.93. The van der Waals surface area contributed by atoms with Crippen molar-refractivity contribution in [2.75, 3.05) is 5.73 Å². The molecule has 0 saturated carbocycles. The lowest BCUT2D eigenvalue weighted by molar-refractivity contribution is 0.544. The second-order valence-corrected chi connectivity index (χ2v) is 7.58. The highest BCUT2D eigenvalue weighted by molar-refractivity contribution is 14.1. The Bertz CT molecular complexity index is 582. The minimum Gasteiger partial charge on any atom is -0.383 e. The third kappa shape index (κ3) is 3.31. The second-order valence-electron chi connectivity index (χ2n) is 5.58. The molecule has 0 aliphatic heterocycles. The summed E-state index contributed by atoms with van der Waals surface area (Å²) in [7, 11) is 0. The van der Waals surface area contributed by atoms with Crippen molar-refractivity contribution in [1.29, 1.82) is 0 Å². The summed E-state index contributed by atoms with van der Waals surface area (Å²) >= 11 is 5.72. The molecule has 0 fully saturated rings. The van der Waals surface area contributed by atoms with Gasteiger partial charge in [0.15, 0.2) is 0 Å². The van der Waals surface area contributed by atoms with E-state index in [0.29, 0.717) is 6.54 Å². The van der Waals surface area contributed by atoms with Crippen LogP contribution in [0.15, 0.2) is 28.7 Å². The molecule has 0 unspecified atom stereocenters. The van der Waals surface area contributed by atoms with Crippen molar-refractivity contribution in [3.05, 3.63) is 43.6 Å². The van der Waals surface area contributed by atoms with Gasteiger partial charge in [0.05, 0.1) is 15.8 Å². The summed E-state index contributed by atoms with van der Waals surface area (Å²) in [4.78, 5) is 0. The van der Waals surface area contributed by atoms with Crippen LogP contribution in [0.1, 0.15) is 32.0 Å². The summed E-state index contributed by atoms with van der Waals surface area (Å²) in [5, 5.41) is 4.67. The summed E-state index contributed by atoms with van der Waals surface area (Å²) in [6, 6.07) is 8.22. The fourth-order valence-electron chi connectivity index (χ4n) is 1.82. The Balaban J connectivity index is 2.34. The smallest absolute Gasteiger partial charge is 0.135 e. The Labute approximate surface area is 135 Å². The Kier molecular flexibility index (Phi) is 4.25. The van der Waals surface area contributed by atoms with Gasteiger partial charge in [0, 0.05) is 9.89 Å². The van der Waals surface area contributed by atoms with Gasteiger partial charge in [-0.05, 0) is 40.3 Å². The van der Waals surface area contributed by atoms with E-state index in [0.717, 1.165) is 19.6 Å². The molecule has 0 atom stereocenters. The number of aromatic nitrogens is 2. The highest BCUT2D eigenvalue weighted by Gasteiger charge is 2.24. The zero-order valence-corrected chi connectivity index (χ0v) is 15.0. The Morgan fingerprint density at radius 1 is 1.26 bits per heavy atom. The molecule has 0 amide bonds. The average molecular weight is 434 g/mol. The summed E-state index contributed by atoms with van der Waals surface area (Å²) in [6.07, 6.45) is 0. The zero-order chi connectivity index (χ0) is 14.2. The molecule has 2 rings (SSSR count). The molecule has 102 valence electrons. The monoisotopic (exact) mass is 433 g/mol. The molecule has 3 nitrogen and oxygen atoms in total. The first-order valence-electron chi connectivity index (χ1n) is 6.06. The Morgan fingerprint density at radius 3 is 2.32 bits per heavy atom. The van der Waals surface area contributed by atoms with Gasteiger partial charge in [-0.3, -0.25) is 0 Å². The number of nitrogens with two attached hydrogens (primary N) is 1. The minimum absolute atomic E-state index is 0.00953. The van der Waals surface area contributed by atoms with Crippen molar-refractivity contribution in [2.24, 2.45) is 0 Å². The van der Waals surface area contributed by atoms with Crippen molar-refractivity contribution in [1.82, 2.24) is 9.78 Å². The van der Waals surface area contributed by atoms with Crippen LogP contribution in [0.5, 0.6) is 0 Å². The molecule has 2 N–H and O–H groups in total. The van der Waals surface area contributed by atoms with Gasteiger partial charge in [0.2, 0.25) is 0 Å². The largest absolute Gasteiger partial charge is 0.383 e. The summed E-state index contributed by atoms with van der Waals surface area (Å²) in [5.41, 5.74) is 8.42. The number of rotatable bonds is 2. The average Bonchev–Trinajstić information content (AvgIpc) is 2.60. The molecule has 5 heteroatoms. The maximum absolute atomic E-state index is 6.16. The van der Waals surface area contributed by atoms with Crippen molar-refractivity contribution < 1.29 is 0 Å². The molecule has 0 spiro atoms. The van der Waals surface area contributed by atoms with Crippen LogP contribution in [0.25, 0.3) is 0 Å². The van der Waals surface area contributed by atoms with Gasteiger partial charge in [0.25, 0.3) is 0 Å². The van der Waals surface area contributed by atoms with E-state index < -0.39 is 0 Å². The fourth-order valence-corrected chi connectivity index (χ4v) is 3.28. The number of hydrogen-bond donors (Lipinski definition) is 1. The summed E-state index contributed by atoms with van der Waals surface area (Å²) in [5.74, 6) is 0.744. The van der Waals surface area contributed by atoms with Gasteiger partial charge in [-0.1, -0.05) is 48.8 Å². The van der Waals surface area contributed by atoms with Crippen LogP contribution in [0, 0.1) is 3.57 Å². The normalized spacial score (nSPS) is 11.8. The molecule has 1 heterocycles. The Hall–Kier alpha value is -0.560. The predicted molar refractivity (Wildman–Crippen MR) is 91.3 cm³/mol. The lowest BCUT2D eigenvalue weighted by Gasteiger charge is -2.15. The second kappa shape index (κ2) is 5.44. The van der Waals surface area contributed by atoms with Gasteiger partial charge in [-0.25, -0.2) is 4.68 Å². The van der Waals surface area contributed by atoms with E-state index in [9.17, 15) is 0 Å². The number of nitrogens with zero attached hydrogens (tertiary/aromatic N) is 2. The SMILES string of the molecule is CC(C)(C)c1nn(Cc2ccc(Br)cc2)c(N)c1I. The van der Waals surface area contributed by atoms with Gasteiger partial charge >= 0.3 is 0 Å². The molecule has 0 saturated heterocycles. The fraction of sp³-hybridized carbons (Fsp3) is 0.357. The molecule has 1 aromatic carbocycles. The highest BCUT2D eigenvalue weighted by Crippen LogP contribution is 2.30. The first kappa shape index (κ1) is 14.8. The quantitative estimate of drug-likeness (QED) is 0.722. The number of hydrogen-bond acceptors (Lipinski definition) is 2. The highest BCUT2D eigenvalue weighted by atomic mass is 127. The lowest BCUT2D eigenvalue weighted by atomic mass is 9.92. The van der Waals surface area contributed by atoms with Crippen LogP contribution in [-0.2, 0) is 12.0 Å². The van der Waals surface area contributed by atoms with Crippen LogP contribution in [-0.4, -0.2) is 9.78 Å². The topological polar surface area (TPSA) is 43.8 Å².